The van der Waals surface area contributed by atoms with Crippen LogP contribution in [0.15, 0.2) is 42.5 Å². The molecule has 216 valence electrons. The maximum absolute atomic E-state index is 12.3. The molecule has 1 heterocycles. The number of allylic oxidation sites excluding steroid dienone is 2. The Balaban J connectivity index is 1.65. The summed E-state index contributed by atoms with van der Waals surface area (Å²) in [6.45, 7) is 4.48. The van der Waals surface area contributed by atoms with Gasteiger partial charge in [0.2, 0.25) is 6.29 Å². The summed E-state index contributed by atoms with van der Waals surface area (Å²) in [5.74, 6) is -3.22. The number of fused-ring (bicyclic) bond motifs is 2. The number of carbonyl (C=O) groups is 6. The molecule has 1 aliphatic heterocycles. The van der Waals surface area contributed by atoms with Gasteiger partial charge in [-0.25, -0.2) is 0 Å². The molecule has 1 saturated heterocycles. The highest BCUT2D eigenvalue weighted by Crippen LogP contribution is 2.29. The first-order valence-corrected chi connectivity index (χ1v) is 12.8. The van der Waals surface area contributed by atoms with E-state index in [2.05, 4.69) is 5.32 Å². The van der Waals surface area contributed by atoms with Crippen molar-refractivity contribution in [3.05, 3.63) is 59.2 Å². The van der Waals surface area contributed by atoms with Crippen LogP contribution in [0.1, 0.15) is 54.0 Å². The molecular weight excluding hydrogens is 538 g/mol. The lowest BCUT2D eigenvalue weighted by atomic mass is 9.91. The Morgan fingerprint density at radius 1 is 0.756 bits per heavy atom. The fraction of sp³-hybridized carbons (Fsp3) is 0.379. The normalized spacial score (nSPS) is 23.5. The molecule has 1 N–H and O–H groups in total. The van der Waals surface area contributed by atoms with Crippen molar-refractivity contribution >= 4 is 46.2 Å². The third-order valence-electron chi connectivity index (χ3n) is 6.48. The van der Waals surface area contributed by atoms with Crippen molar-refractivity contribution in [1.82, 2.24) is 5.32 Å². The van der Waals surface area contributed by atoms with Crippen molar-refractivity contribution in [3.8, 4) is 0 Å². The summed E-state index contributed by atoms with van der Waals surface area (Å²) in [6, 6.07) is 7.72. The van der Waals surface area contributed by atoms with E-state index in [4.69, 9.17) is 23.7 Å². The molecular formula is C29H29NO11. The van der Waals surface area contributed by atoms with Crippen molar-refractivity contribution < 1.29 is 52.5 Å². The summed E-state index contributed by atoms with van der Waals surface area (Å²) in [7, 11) is 0. The largest absolute Gasteiger partial charge is 0.463 e. The van der Waals surface area contributed by atoms with Crippen LogP contribution in [0, 0.1) is 0 Å². The molecule has 1 fully saturated rings. The van der Waals surface area contributed by atoms with E-state index in [0.29, 0.717) is 16.5 Å². The van der Waals surface area contributed by atoms with Crippen molar-refractivity contribution in [1.29, 1.82) is 0 Å². The van der Waals surface area contributed by atoms with Crippen LogP contribution in [-0.2, 0) is 49.4 Å². The standard InChI is InChI=1S/C29H29NO11/c1-14(31)37-13-25-27(38-15(2)32)28(39-16(3)33)26(29(41-25)40-17(4)34)30-12-18-5-6-19-10-21-22(11-20(19)9-18)24(36)8-7-23(21)35/h5-11,25-30H,12-13H2,1-4H3. The Labute approximate surface area is 234 Å². The number of carbonyl (C=O) groups excluding carboxylic acids is 6. The van der Waals surface area contributed by atoms with Gasteiger partial charge in [-0.1, -0.05) is 12.1 Å². The highest BCUT2D eigenvalue weighted by atomic mass is 16.7. The van der Waals surface area contributed by atoms with E-state index in [9.17, 15) is 28.8 Å². The van der Waals surface area contributed by atoms with Crippen molar-refractivity contribution in [2.45, 2.75) is 64.9 Å². The maximum atomic E-state index is 12.3. The molecule has 0 aromatic heterocycles. The predicted molar refractivity (Wildman–Crippen MR) is 141 cm³/mol. The van der Waals surface area contributed by atoms with E-state index in [-0.39, 0.29) is 24.7 Å². The van der Waals surface area contributed by atoms with Gasteiger partial charge in [0.25, 0.3) is 0 Å². The van der Waals surface area contributed by atoms with Gasteiger partial charge in [-0.3, -0.25) is 28.8 Å². The number of ketones is 2. The minimum Gasteiger partial charge on any atom is -0.463 e. The van der Waals surface area contributed by atoms with E-state index < -0.39 is 54.5 Å². The van der Waals surface area contributed by atoms with Gasteiger partial charge < -0.3 is 29.0 Å². The molecule has 12 heteroatoms. The second kappa shape index (κ2) is 12.4. The maximum Gasteiger partial charge on any atom is 0.304 e. The van der Waals surface area contributed by atoms with Gasteiger partial charge >= 0.3 is 23.9 Å². The van der Waals surface area contributed by atoms with Crippen LogP contribution in [0.2, 0.25) is 0 Å². The molecule has 12 nitrogen and oxygen atoms in total. The molecule has 2 aromatic carbocycles. The van der Waals surface area contributed by atoms with E-state index in [0.717, 1.165) is 17.9 Å². The Morgan fingerprint density at radius 3 is 1.93 bits per heavy atom. The lowest BCUT2D eigenvalue weighted by Crippen LogP contribution is -2.66. The zero-order valence-electron chi connectivity index (χ0n) is 22.8. The molecule has 0 radical (unpaired) electrons. The van der Waals surface area contributed by atoms with Crippen LogP contribution < -0.4 is 5.32 Å². The van der Waals surface area contributed by atoms with Crippen LogP contribution in [-0.4, -0.2) is 72.7 Å². The average Bonchev–Trinajstić information content (AvgIpc) is 2.89. The second-order valence-corrected chi connectivity index (χ2v) is 9.65. The molecule has 1 aliphatic carbocycles. The third kappa shape index (κ3) is 7.02. The van der Waals surface area contributed by atoms with Crippen molar-refractivity contribution in [2.24, 2.45) is 0 Å². The van der Waals surface area contributed by atoms with Crippen LogP contribution in [0.3, 0.4) is 0 Å². The molecule has 5 atom stereocenters. The topological polar surface area (TPSA) is 161 Å². The molecule has 2 aliphatic rings. The van der Waals surface area contributed by atoms with Gasteiger partial charge in [-0.05, 0) is 46.7 Å². The number of esters is 4. The fourth-order valence-corrected chi connectivity index (χ4v) is 4.81. The zero-order chi connectivity index (χ0) is 29.8. The van der Waals surface area contributed by atoms with Gasteiger partial charge in [0, 0.05) is 45.4 Å². The lowest BCUT2D eigenvalue weighted by molar-refractivity contribution is -0.271. The number of nitrogens with one attached hydrogen (secondary N) is 1. The van der Waals surface area contributed by atoms with E-state index in [1.807, 2.05) is 6.07 Å². The van der Waals surface area contributed by atoms with Gasteiger partial charge in [-0.15, -0.1) is 0 Å². The monoisotopic (exact) mass is 567 g/mol. The minimum atomic E-state index is -1.31. The Morgan fingerprint density at radius 2 is 1.34 bits per heavy atom. The van der Waals surface area contributed by atoms with Crippen LogP contribution >= 0.6 is 0 Å². The molecule has 0 amide bonds. The summed E-state index contributed by atoms with van der Waals surface area (Å²) in [5.41, 5.74) is 1.38. The van der Waals surface area contributed by atoms with E-state index in [1.165, 1.54) is 32.9 Å². The van der Waals surface area contributed by atoms with Gasteiger partial charge in [0.05, 0.1) is 0 Å². The highest BCUT2D eigenvalue weighted by molar-refractivity contribution is 6.23. The lowest BCUT2D eigenvalue weighted by Gasteiger charge is -2.44. The molecule has 0 spiro atoms. The number of benzene rings is 2. The minimum absolute atomic E-state index is 0.144. The SMILES string of the molecule is CC(=O)OCC1OC(OC(C)=O)C(NCc2ccc3cc4c(cc3c2)C(=O)C=CC4=O)C(OC(C)=O)C1OC(C)=O. The first-order chi connectivity index (χ1) is 19.4. The molecule has 41 heavy (non-hydrogen) atoms. The quantitative estimate of drug-likeness (QED) is 0.365. The van der Waals surface area contributed by atoms with Gasteiger partial charge in [0.15, 0.2) is 23.8 Å². The summed E-state index contributed by atoms with van der Waals surface area (Å²) in [6.07, 6.45) is -2.34. The average molecular weight is 568 g/mol. The molecule has 4 rings (SSSR count). The summed E-state index contributed by atoms with van der Waals surface area (Å²) < 4.78 is 27.3. The van der Waals surface area contributed by atoms with Crippen LogP contribution in [0.25, 0.3) is 10.8 Å². The fourth-order valence-electron chi connectivity index (χ4n) is 4.81. The van der Waals surface area contributed by atoms with Crippen LogP contribution in [0.4, 0.5) is 0 Å². The predicted octanol–water partition coefficient (Wildman–Crippen LogP) is 1.95. The molecule has 0 bridgehead atoms. The Bertz CT molecular complexity index is 1450. The molecule has 5 unspecified atom stereocenters. The first kappa shape index (κ1) is 29.6. The third-order valence-corrected chi connectivity index (χ3v) is 6.48. The molecule has 2 aromatic rings. The van der Waals surface area contributed by atoms with Crippen molar-refractivity contribution in [2.75, 3.05) is 6.61 Å². The second-order valence-electron chi connectivity index (χ2n) is 9.65. The Hall–Kier alpha value is -4.42. The van der Waals surface area contributed by atoms with Crippen LogP contribution in [0.5, 0.6) is 0 Å². The smallest absolute Gasteiger partial charge is 0.304 e. The molecule has 0 saturated carbocycles. The van der Waals surface area contributed by atoms with Gasteiger partial charge in [-0.2, -0.15) is 0 Å². The number of ether oxygens (including phenoxy) is 5. The summed E-state index contributed by atoms with van der Waals surface area (Å²) in [5, 5.41) is 4.64. The summed E-state index contributed by atoms with van der Waals surface area (Å²) in [4.78, 5) is 72.0. The first-order valence-electron chi connectivity index (χ1n) is 12.8. The Kier molecular flexibility index (Phi) is 8.94. The van der Waals surface area contributed by atoms with Gasteiger partial charge in [0.1, 0.15) is 18.8 Å². The van der Waals surface area contributed by atoms with E-state index in [1.54, 1.807) is 24.3 Å². The zero-order valence-corrected chi connectivity index (χ0v) is 22.8. The van der Waals surface area contributed by atoms with E-state index >= 15 is 0 Å². The number of hydrogen-bond donors (Lipinski definition) is 1. The number of rotatable bonds is 8. The summed E-state index contributed by atoms with van der Waals surface area (Å²) >= 11 is 0. The highest BCUT2D eigenvalue weighted by Gasteiger charge is 2.51. The van der Waals surface area contributed by atoms with Crippen molar-refractivity contribution in [3.63, 3.8) is 0 Å². The number of hydrogen-bond acceptors (Lipinski definition) is 12.